The highest BCUT2D eigenvalue weighted by atomic mass is 32.1. The van der Waals surface area contributed by atoms with Crippen LogP contribution >= 0.6 is 11.3 Å². The Morgan fingerprint density at radius 1 is 1.38 bits per heavy atom. The fourth-order valence-electron chi connectivity index (χ4n) is 1.12. The minimum absolute atomic E-state index is 0.168. The zero-order chi connectivity index (χ0) is 9.26. The monoisotopic (exact) mass is 192 g/mol. The van der Waals surface area contributed by atoms with Crippen molar-refractivity contribution >= 4 is 26.6 Å². The average molecular weight is 192 g/mol. The second-order valence-corrected chi connectivity index (χ2v) is 3.60. The van der Waals surface area contributed by atoms with Crippen molar-refractivity contribution in [3.05, 3.63) is 34.6 Å². The molecule has 1 aromatic carbocycles. The molecule has 0 amide bonds. The third-order valence-corrected chi connectivity index (χ3v) is 2.81. The van der Waals surface area contributed by atoms with Crippen molar-refractivity contribution in [2.75, 3.05) is 12.4 Å². The van der Waals surface area contributed by atoms with Crippen molar-refractivity contribution in [1.29, 1.82) is 0 Å². The fourth-order valence-corrected chi connectivity index (χ4v) is 1.97. The van der Waals surface area contributed by atoms with Gasteiger partial charge in [0.15, 0.2) is 5.13 Å². The van der Waals surface area contributed by atoms with Gasteiger partial charge in [0.2, 0.25) is 0 Å². The van der Waals surface area contributed by atoms with E-state index in [9.17, 15) is 4.79 Å². The summed E-state index contributed by atoms with van der Waals surface area (Å²) in [7, 11) is 1.76. The number of aromatic nitrogens is 1. The zero-order valence-electron chi connectivity index (χ0n) is 7.07. The van der Waals surface area contributed by atoms with E-state index in [-0.39, 0.29) is 5.56 Å². The van der Waals surface area contributed by atoms with Crippen molar-refractivity contribution < 1.29 is 0 Å². The molecule has 66 valence electrons. The maximum atomic E-state index is 11.4. The van der Waals surface area contributed by atoms with E-state index in [1.807, 2.05) is 18.2 Å². The molecule has 1 aromatic heterocycles. The van der Waals surface area contributed by atoms with Crippen LogP contribution in [-0.2, 0) is 0 Å². The lowest BCUT2D eigenvalue weighted by atomic mass is 10.3. The second-order valence-electron chi connectivity index (χ2n) is 2.57. The first-order valence-electron chi connectivity index (χ1n) is 3.89. The van der Waals surface area contributed by atoms with Gasteiger partial charge in [-0.3, -0.25) is 4.79 Å². The summed E-state index contributed by atoms with van der Waals surface area (Å²) in [6.07, 6.45) is 0. The van der Waals surface area contributed by atoms with E-state index in [1.54, 1.807) is 13.1 Å². The molecule has 2 aromatic rings. The zero-order valence-corrected chi connectivity index (χ0v) is 7.89. The van der Waals surface area contributed by atoms with Gasteiger partial charge in [-0.25, -0.2) is 0 Å². The summed E-state index contributed by atoms with van der Waals surface area (Å²) in [5.41, 5.74) is -0.168. The molecule has 3 nitrogen and oxygen atoms in total. The topological polar surface area (TPSA) is 42.0 Å². The van der Waals surface area contributed by atoms with Crippen molar-refractivity contribution in [2.45, 2.75) is 0 Å². The van der Waals surface area contributed by atoms with Crippen molar-refractivity contribution in [2.24, 2.45) is 0 Å². The number of hydrogen-bond donors (Lipinski definition) is 1. The normalized spacial score (nSPS) is 10.2. The minimum atomic E-state index is -0.168. The standard InChI is InChI=1S/C9H8N2OS/c1-10-9-11-8(12)6-4-2-3-5-7(6)13-9/h2-5H,1H3,(H,10,11,12). The highest BCUT2D eigenvalue weighted by Crippen LogP contribution is 2.19. The summed E-state index contributed by atoms with van der Waals surface area (Å²) in [6, 6.07) is 7.47. The molecule has 0 unspecified atom stereocenters. The molecule has 1 heterocycles. The van der Waals surface area contributed by atoms with Gasteiger partial charge in [-0.15, -0.1) is 0 Å². The van der Waals surface area contributed by atoms with E-state index >= 15 is 0 Å². The van der Waals surface area contributed by atoms with Crippen molar-refractivity contribution in [1.82, 2.24) is 4.98 Å². The minimum Gasteiger partial charge on any atom is -0.364 e. The first-order valence-corrected chi connectivity index (χ1v) is 4.70. The van der Waals surface area contributed by atoms with Crippen molar-refractivity contribution in [3.8, 4) is 0 Å². The van der Waals surface area contributed by atoms with E-state index in [4.69, 9.17) is 0 Å². The largest absolute Gasteiger partial charge is 0.364 e. The molecule has 0 aliphatic heterocycles. The molecule has 0 saturated carbocycles. The molecule has 0 aliphatic rings. The molecule has 4 heteroatoms. The smallest absolute Gasteiger partial charge is 0.281 e. The van der Waals surface area contributed by atoms with Gasteiger partial charge in [0, 0.05) is 11.7 Å². The predicted molar refractivity (Wildman–Crippen MR) is 55.4 cm³/mol. The SMILES string of the molecule is CNc1nc(=O)c2ccccc2s1. The van der Waals surface area contributed by atoms with Crippen LogP contribution in [0.1, 0.15) is 0 Å². The third-order valence-electron chi connectivity index (χ3n) is 1.74. The van der Waals surface area contributed by atoms with Gasteiger partial charge in [0.05, 0.1) is 5.39 Å². The maximum Gasteiger partial charge on any atom is 0.281 e. The lowest BCUT2D eigenvalue weighted by Gasteiger charge is -1.98. The summed E-state index contributed by atoms with van der Waals surface area (Å²) >= 11 is 1.48. The molecule has 0 radical (unpaired) electrons. The van der Waals surface area contributed by atoms with Gasteiger partial charge in [-0.1, -0.05) is 23.5 Å². The number of nitrogens with zero attached hydrogens (tertiary/aromatic N) is 1. The number of anilines is 1. The first-order chi connectivity index (χ1) is 6.31. The van der Waals surface area contributed by atoms with Gasteiger partial charge in [-0.05, 0) is 12.1 Å². The Labute approximate surface area is 79.1 Å². The first kappa shape index (κ1) is 8.19. The molecule has 0 bridgehead atoms. The molecule has 0 atom stereocenters. The molecule has 0 aliphatic carbocycles. The van der Waals surface area contributed by atoms with Gasteiger partial charge < -0.3 is 5.32 Å². The van der Waals surface area contributed by atoms with Crippen LogP contribution in [0, 0.1) is 0 Å². The van der Waals surface area contributed by atoms with E-state index in [0.29, 0.717) is 10.5 Å². The Morgan fingerprint density at radius 2 is 2.15 bits per heavy atom. The van der Waals surface area contributed by atoms with E-state index in [2.05, 4.69) is 10.3 Å². The van der Waals surface area contributed by atoms with Crippen LogP contribution in [0.15, 0.2) is 29.1 Å². The highest BCUT2D eigenvalue weighted by Gasteiger charge is 2.00. The summed E-state index contributed by atoms with van der Waals surface area (Å²) in [4.78, 5) is 15.3. The predicted octanol–water partition coefficient (Wildman–Crippen LogP) is 1.70. The summed E-state index contributed by atoms with van der Waals surface area (Å²) in [6.45, 7) is 0. The van der Waals surface area contributed by atoms with Gasteiger partial charge in [-0.2, -0.15) is 4.98 Å². The molecular formula is C9H8N2OS. The molecule has 1 N–H and O–H groups in total. The van der Waals surface area contributed by atoms with Crippen LogP contribution in [-0.4, -0.2) is 12.0 Å². The lowest BCUT2D eigenvalue weighted by Crippen LogP contribution is -2.07. The van der Waals surface area contributed by atoms with Gasteiger partial charge in [0.1, 0.15) is 0 Å². The van der Waals surface area contributed by atoms with Crippen LogP contribution in [0.5, 0.6) is 0 Å². The van der Waals surface area contributed by atoms with E-state index in [1.165, 1.54) is 11.3 Å². The second kappa shape index (κ2) is 3.14. The molecular weight excluding hydrogens is 184 g/mol. The summed E-state index contributed by atoms with van der Waals surface area (Å²) < 4.78 is 0.965. The van der Waals surface area contributed by atoms with Crippen LogP contribution in [0.2, 0.25) is 0 Å². The molecule has 2 rings (SSSR count). The Kier molecular flexibility index (Phi) is 1.98. The number of benzene rings is 1. The quantitative estimate of drug-likeness (QED) is 0.747. The van der Waals surface area contributed by atoms with E-state index in [0.717, 1.165) is 4.70 Å². The maximum absolute atomic E-state index is 11.4. The lowest BCUT2D eigenvalue weighted by molar-refractivity contribution is 1.29. The van der Waals surface area contributed by atoms with Crippen LogP contribution in [0.25, 0.3) is 10.1 Å². The molecule has 0 spiro atoms. The number of rotatable bonds is 1. The molecule has 0 saturated heterocycles. The summed E-state index contributed by atoms with van der Waals surface area (Å²) in [5, 5.41) is 4.21. The van der Waals surface area contributed by atoms with E-state index < -0.39 is 0 Å². The fraction of sp³-hybridized carbons (Fsp3) is 0.111. The Hall–Kier alpha value is -1.42. The number of fused-ring (bicyclic) bond motifs is 1. The van der Waals surface area contributed by atoms with Crippen LogP contribution in [0.4, 0.5) is 5.13 Å². The highest BCUT2D eigenvalue weighted by molar-refractivity contribution is 7.21. The summed E-state index contributed by atoms with van der Waals surface area (Å²) in [5.74, 6) is 0. The van der Waals surface area contributed by atoms with Gasteiger partial charge >= 0.3 is 0 Å². The van der Waals surface area contributed by atoms with Crippen LogP contribution in [0.3, 0.4) is 0 Å². The van der Waals surface area contributed by atoms with Crippen molar-refractivity contribution in [3.63, 3.8) is 0 Å². The number of nitrogens with one attached hydrogen (secondary N) is 1. The Morgan fingerprint density at radius 3 is 2.92 bits per heavy atom. The van der Waals surface area contributed by atoms with Crippen LogP contribution < -0.4 is 10.9 Å². The molecule has 0 fully saturated rings. The third kappa shape index (κ3) is 1.40. The molecule has 13 heavy (non-hydrogen) atoms. The number of hydrogen-bond acceptors (Lipinski definition) is 4. The van der Waals surface area contributed by atoms with Gasteiger partial charge in [0.25, 0.3) is 5.56 Å². The Bertz CT molecular complexity index is 492. The Balaban J connectivity index is 2.85. The average Bonchev–Trinajstić information content (AvgIpc) is 2.18.